The monoisotopic (exact) mass is 374 g/mol. The summed E-state index contributed by atoms with van der Waals surface area (Å²) >= 11 is 0. The van der Waals surface area contributed by atoms with E-state index in [0.29, 0.717) is 51.0 Å². The Kier molecular flexibility index (Phi) is 9.56. The third kappa shape index (κ3) is 8.94. The van der Waals surface area contributed by atoms with Crippen LogP contribution in [-0.4, -0.2) is 45.7 Å². The largest absolute Gasteiger partial charge is 0.489 e. The number of nitrogen functional groups attached to an aromatic ring is 1. The summed E-state index contributed by atoms with van der Waals surface area (Å²) in [6, 6.07) is 16.8. The van der Waals surface area contributed by atoms with E-state index < -0.39 is 6.09 Å². The molecule has 0 aromatic heterocycles. The number of nitrogens with one attached hydrogen (secondary N) is 1. The van der Waals surface area contributed by atoms with Crippen molar-refractivity contribution in [3.8, 4) is 5.75 Å². The van der Waals surface area contributed by atoms with Crippen molar-refractivity contribution in [2.75, 3.05) is 45.3 Å². The van der Waals surface area contributed by atoms with Gasteiger partial charge in [0.25, 0.3) is 0 Å². The molecule has 27 heavy (non-hydrogen) atoms. The van der Waals surface area contributed by atoms with E-state index in [9.17, 15) is 4.79 Å². The number of carbonyl (C=O) groups excluding carboxylic acids is 1. The Morgan fingerprint density at radius 2 is 1.52 bits per heavy atom. The second-order valence-electron chi connectivity index (χ2n) is 5.60. The summed E-state index contributed by atoms with van der Waals surface area (Å²) in [7, 11) is 0. The average molecular weight is 374 g/mol. The van der Waals surface area contributed by atoms with Crippen LogP contribution in [0.2, 0.25) is 0 Å². The van der Waals surface area contributed by atoms with E-state index in [1.807, 2.05) is 48.5 Å². The molecule has 0 saturated heterocycles. The maximum absolute atomic E-state index is 11.5. The van der Waals surface area contributed by atoms with Gasteiger partial charge in [0, 0.05) is 6.54 Å². The smallest absolute Gasteiger partial charge is 0.407 e. The number of rotatable bonds is 12. The number of anilines is 1. The van der Waals surface area contributed by atoms with Crippen molar-refractivity contribution in [2.24, 2.45) is 0 Å². The molecule has 0 radical (unpaired) electrons. The first-order valence-electron chi connectivity index (χ1n) is 8.83. The quantitative estimate of drug-likeness (QED) is 0.438. The lowest BCUT2D eigenvalue weighted by Gasteiger charge is -2.10. The Labute approximate surface area is 159 Å². The zero-order valence-corrected chi connectivity index (χ0v) is 15.3. The molecule has 0 aliphatic heterocycles. The lowest BCUT2D eigenvalue weighted by molar-refractivity contribution is 0.0370. The molecule has 0 spiro atoms. The molecular weight excluding hydrogens is 348 g/mol. The van der Waals surface area contributed by atoms with Crippen LogP contribution in [0.1, 0.15) is 5.56 Å². The van der Waals surface area contributed by atoms with Gasteiger partial charge in [0.15, 0.2) is 0 Å². The molecule has 2 aromatic rings. The molecule has 7 nitrogen and oxygen atoms in total. The number of alkyl carbamates (subject to hydrolysis) is 1. The molecule has 0 aliphatic rings. The number of nitrogens with two attached hydrogens (primary N) is 1. The number of hydrogen-bond donors (Lipinski definition) is 2. The summed E-state index contributed by atoms with van der Waals surface area (Å²) in [5.41, 5.74) is 7.33. The first-order valence-corrected chi connectivity index (χ1v) is 8.83. The topological polar surface area (TPSA) is 92.0 Å². The first-order chi connectivity index (χ1) is 13.3. The summed E-state index contributed by atoms with van der Waals surface area (Å²) < 4.78 is 21.4. The van der Waals surface area contributed by atoms with Crippen LogP contribution in [0.4, 0.5) is 10.5 Å². The SMILES string of the molecule is Nc1ccccc1OCCOCCOCCNC(=O)OCc1ccccc1. The molecule has 146 valence electrons. The molecular formula is C20H26N2O5. The summed E-state index contributed by atoms with van der Waals surface area (Å²) in [5.74, 6) is 0.655. The van der Waals surface area contributed by atoms with Crippen molar-refractivity contribution in [3.05, 3.63) is 60.2 Å². The van der Waals surface area contributed by atoms with E-state index in [-0.39, 0.29) is 6.61 Å². The van der Waals surface area contributed by atoms with Gasteiger partial charge in [-0.1, -0.05) is 42.5 Å². The van der Waals surface area contributed by atoms with Gasteiger partial charge in [-0.25, -0.2) is 4.79 Å². The molecule has 0 aliphatic carbocycles. The van der Waals surface area contributed by atoms with Gasteiger partial charge in [-0.3, -0.25) is 0 Å². The van der Waals surface area contributed by atoms with E-state index >= 15 is 0 Å². The number of carbonyl (C=O) groups is 1. The van der Waals surface area contributed by atoms with E-state index in [4.69, 9.17) is 24.7 Å². The molecule has 0 unspecified atom stereocenters. The minimum atomic E-state index is -0.462. The number of amides is 1. The molecule has 0 heterocycles. The van der Waals surface area contributed by atoms with Crippen LogP contribution < -0.4 is 15.8 Å². The molecule has 2 rings (SSSR count). The zero-order chi connectivity index (χ0) is 19.2. The molecule has 0 saturated carbocycles. The molecule has 0 fully saturated rings. The van der Waals surface area contributed by atoms with Crippen LogP contribution in [0.3, 0.4) is 0 Å². The fourth-order valence-electron chi connectivity index (χ4n) is 2.14. The number of benzene rings is 2. The zero-order valence-electron chi connectivity index (χ0n) is 15.3. The maximum Gasteiger partial charge on any atom is 0.407 e. The Bertz CT molecular complexity index is 666. The summed E-state index contributed by atoms with van der Waals surface area (Å²) in [4.78, 5) is 11.5. The predicted octanol–water partition coefficient (Wildman–Crippen LogP) is 2.61. The van der Waals surface area contributed by atoms with Crippen LogP contribution in [-0.2, 0) is 20.8 Å². The van der Waals surface area contributed by atoms with Crippen molar-refractivity contribution < 1.29 is 23.7 Å². The van der Waals surface area contributed by atoms with Gasteiger partial charge < -0.3 is 30.0 Å². The lowest BCUT2D eigenvalue weighted by Crippen LogP contribution is -2.28. The fourth-order valence-corrected chi connectivity index (χ4v) is 2.14. The number of para-hydroxylation sites is 2. The van der Waals surface area contributed by atoms with E-state index in [0.717, 1.165) is 5.56 Å². The second kappa shape index (κ2) is 12.6. The van der Waals surface area contributed by atoms with Gasteiger partial charge in [0.05, 0.1) is 32.1 Å². The van der Waals surface area contributed by atoms with Gasteiger partial charge >= 0.3 is 6.09 Å². The molecule has 0 atom stereocenters. The average Bonchev–Trinajstić information content (AvgIpc) is 2.70. The third-order valence-corrected chi connectivity index (χ3v) is 3.50. The van der Waals surface area contributed by atoms with Crippen molar-refractivity contribution in [1.82, 2.24) is 5.32 Å². The first kappa shape index (κ1) is 20.5. The molecule has 7 heteroatoms. The second-order valence-corrected chi connectivity index (χ2v) is 5.60. The van der Waals surface area contributed by atoms with Crippen molar-refractivity contribution in [1.29, 1.82) is 0 Å². The highest BCUT2D eigenvalue weighted by molar-refractivity contribution is 5.67. The summed E-state index contributed by atoms with van der Waals surface area (Å²) in [6.07, 6.45) is -0.462. The Hall–Kier alpha value is -2.77. The summed E-state index contributed by atoms with van der Waals surface area (Å²) in [5, 5.41) is 2.63. The molecule has 2 aromatic carbocycles. The van der Waals surface area contributed by atoms with Crippen LogP contribution in [0.5, 0.6) is 5.75 Å². The molecule has 1 amide bonds. The van der Waals surface area contributed by atoms with E-state index in [2.05, 4.69) is 5.32 Å². The number of hydrogen-bond acceptors (Lipinski definition) is 6. The van der Waals surface area contributed by atoms with E-state index in [1.165, 1.54) is 0 Å². The van der Waals surface area contributed by atoms with Crippen LogP contribution in [0.25, 0.3) is 0 Å². The van der Waals surface area contributed by atoms with Gasteiger partial charge in [-0.15, -0.1) is 0 Å². The predicted molar refractivity (Wildman–Crippen MR) is 103 cm³/mol. The van der Waals surface area contributed by atoms with Crippen molar-refractivity contribution in [3.63, 3.8) is 0 Å². The van der Waals surface area contributed by atoms with Gasteiger partial charge in [-0.05, 0) is 17.7 Å². The number of ether oxygens (including phenoxy) is 4. The lowest BCUT2D eigenvalue weighted by atomic mass is 10.2. The minimum absolute atomic E-state index is 0.248. The van der Waals surface area contributed by atoms with Crippen molar-refractivity contribution in [2.45, 2.75) is 6.61 Å². The Morgan fingerprint density at radius 1 is 0.852 bits per heavy atom. The molecule has 0 bridgehead atoms. The minimum Gasteiger partial charge on any atom is -0.489 e. The van der Waals surface area contributed by atoms with Gasteiger partial charge in [0.1, 0.15) is 19.0 Å². The van der Waals surface area contributed by atoms with Crippen molar-refractivity contribution >= 4 is 11.8 Å². The van der Waals surface area contributed by atoms with Crippen LogP contribution >= 0.6 is 0 Å². The highest BCUT2D eigenvalue weighted by atomic mass is 16.6. The van der Waals surface area contributed by atoms with E-state index in [1.54, 1.807) is 6.07 Å². The van der Waals surface area contributed by atoms with Gasteiger partial charge in [-0.2, -0.15) is 0 Å². The Morgan fingerprint density at radius 3 is 2.30 bits per heavy atom. The normalized spacial score (nSPS) is 10.4. The standard InChI is InChI=1S/C20H26N2O5/c21-18-8-4-5-9-19(18)26-15-14-25-13-12-24-11-10-22-20(23)27-16-17-6-2-1-3-7-17/h1-9H,10-16,21H2,(H,22,23). The third-order valence-electron chi connectivity index (χ3n) is 3.50. The highest BCUT2D eigenvalue weighted by Gasteiger charge is 2.02. The maximum atomic E-state index is 11.5. The van der Waals surface area contributed by atoms with Gasteiger partial charge in [0.2, 0.25) is 0 Å². The Balaban J connectivity index is 1.38. The van der Waals surface area contributed by atoms with Crippen LogP contribution in [0, 0.1) is 0 Å². The summed E-state index contributed by atoms with van der Waals surface area (Å²) in [6.45, 7) is 2.77. The molecule has 3 N–H and O–H groups in total. The fraction of sp³-hybridized carbons (Fsp3) is 0.350. The van der Waals surface area contributed by atoms with Crippen LogP contribution in [0.15, 0.2) is 54.6 Å². The highest BCUT2D eigenvalue weighted by Crippen LogP contribution is 2.19.